The Bertz CT molecular complexity index is 1140. The molecule has 3 aromatic carbocycles. The van der Waals surface area contributed by atoms with Gasteiger partial charge in [-0.3, -0.25) is 0 Å². The molecular formula is C23H15BrClN3. The van der Waals surface area contributed by atoms with E-state index in [1.165, 1.54) is 0 Å². The Hall–Kier alpha value is -2.87. The fraction of sp³-hybridized carbons (Fsp3) is 0.0435. The van der Waals surface area contributed by atoms with Gasteiger partial charge in [-0.2, -0.15) is 5.26 Å². The summed E-state index contributed by atoms with van der Waals surface area (Å²) in [5, 5.41) is 10.7. The van der Waals surface area contributed by atoms with Crippen molar-refractivity contribution in [3.8, 4) is 6.07 Å². The first-order chi connectivity index (χ1) is 13.6. The maximum atomic E-state index is 10.1. The van der Waals surface area contributed by atoms with Crippen molar-refractivity contribution in [2.24, 2.45) is 10.7 Å². The highest BCUT2D eigenvalue weighted by molar-refractivity contribution is 9.10. The van der Waals surface area contributed by atoms with Crippen LogP contribution in [0.3, 0.4) is 0 Å². The number of hydrogen-bond donors (Lipinski definition) is 1. The second-order valence-electron chi connectivity index (χ2n) is 6.47. The number of aliphatic imine (C=N–C) groups is 1. The van der Waals surface area contributed by atoms with Crippen LogP contribution in [0.4, 0.5) is 0 Å². The summed E-state index contributed by atoms with van der Waals surface area (Å²) < 4.78 is 0.926. The smallest absolute Gasteiger partial charge is 0.139 e. The molecule has 3 nitrogen and oxygen atoms in total. The lowest BCUT2D eigenvalue weighted by molar-refractivity contribution is 0.842. The highest BCUT2D eigenvalue weighted by atomic mass is 79.9. The summed E-state index contributed by atoms with van der Waals surface area (Å²) in [5.41, 5.74) is 9.19. The van der Waals surface area contributed by atoms with Crippen LogP contribution in [-0.4, -0.2) is 5.71 Å². The highest BCUT2D eigenvalue weighted by Gasteiger charge is 2.49. The summed E-state index contributed by atoms with van der Waals surface area (Å²) >= 11 is 9.68. The minimum absolute atomic E-state index is 0.233. The minimum Gasteiger partial charge on any atom is -0.383 e. The van der Waals surface area contributed by atoms with Gasteiger partial charge in [0.1, 0.15) is 17.3 Å². The monoisotopic (exact) mass is 447 g/mol. The van der Waals surface area contributed by atoms with Crippen molar-refractivity contribution < 1.29 is 0 Å². The lowest BCUT2D eigenvalue weighted by Crippen LogP contribution is -2.37. The van der Waals surface area contributed by atoms with Gasteiger partial charge in [0.15, 0.2) is 0 Å². The van der Waals surface area contributed by atoms with Crippen molar-refractivity contribution in [1.29, 1.82) is 5.26 Å². The van der Waals surface area contributed by atoms with Crippen LogP contribution in [0.25, 0.3) is 0 Å². The lowest BCUT2D eigenvalue weighted by atomic mass is 9.65. The number of hydrogen-bond acceptors (Lipinski definition) is 3. The lowest BCUT2D eigenvalue weighted by Gasteiger charge is -2.33. The molecule has 1 aliphatic rings. The molecule has 0 radical (unpaired) electrons. The number of halogens is 2. The third-order valence-corrected chi connectivity index (χ3v) is 5.66. The molecule has 0 aromatic heterocycles. The van der Waals surface area contributed by atoms with E-state index in [0.717, 1.165) is 26.9 Å². The first kappa shape index (κ1) is 18.5. The van der Waals surface area contributed by atoms with Gasteiger partial charge in [0.25, 0.3) is 0 Å². The van der Waals surface area contributed by atoms with E-state index < -0.39 is 5.41 Å². The summed E-state index contributed by atoms with van der Waals surface area (Å²) in [6.45, 7) is 0. The van der Waals surface area contributed by atoms with Crippen molar-refractivity contribution in [3.63, 3.8) is 0 Å². The molecule has 0 fully saturated rings. The van der Waals surface area contributed by atoms with Gasteiger partial charge in [0.05, 0.1) is 11.3 Å². The molecule has 0 saturated heterocycles. The van der Waals surface area contributed by atoms with E-state index in [1.807, 2.05) is 78.9 Å². The van der Waals surface area contributed by atoms with E-state index in [-0.39, 0.29) is 5.82 Å². The topological polar surface area (TPSA) is 62.2 Å². The predicted octanol–water partition coefficient (Wildman–Crippen LogP) is 5.59. The van der Waals surface area contributed by atoms with Crippen molar-refractivity contribution in [3.05, 3.63) is 116 Å². The second-order valence-corrected chi connectivity index (χ2v) is 7.82. The summed E-state index contributed by atoms with van der Waals surface area (Å²) in [7, 11) is 0. The zero-order chi connectivity index (χ0) is 19.7. The molecule has 1 aliphatic heterocycles. The summed E-state index contributed by atoms with van der Waals surface area (Å²) in [6.07, 6.45) is 0. The SMILES string of the molecule is N#CC1=C(N)N=C(c2cccc(Br)c2)C1(c1ccccc1)c1ccc(Cl)cc1. The Morgan fingerprint density at radius 1 is 0.929 bits per heavy atom. The van der Waals surface area contributed by atoms with Gasteiger partial charge in [-0.25, -0.2) is 4.99 Å². The molecule has 0 amide bonds. The van der Waals surface area contributed by atoms with Gasteiger partial charge >= 0.3 is 0 Å². The molecular weight excluding hydrogens is 434 g/mol. The Morgan fingerprint density at radius 3 is 2.25 bits per heavy atom. The molecule has 3 aromatic rings. The molecule has 4 rings (SSSR count). The zero-order valence-corrected chi connectivity index (χ0v) is 17.1. The molecule has 0 spiro atoms. The van der Waals surface area contributed by atoms with Gasteiger partial charge in [0, 0.05) is 9.50 Å². The summed E-state index contributed by atoms with van der Waals surface area (Å²) in [4.78, 5) is 4.68. The molecule has 1 heterocycles. The van der Waals surface area contributed by atoms with Crippen molar-refractivity contribution in [2.75, 3.05) is 0 Å². The van der Waals surface area contributed by atoms with Crippen molar-refractivity contribution in [1.82, 2.24) is 0 Å². The van der Waals surface area contributed by atoms with Gasteiger partial charge < -0.3 is 5.73 Å². The van der Waals surface area contributed by atoms with E-state index in [9.17, 15) is 5.26 Å². The van der Waals surface area contributed by atoms with Crippen molar-refractivity contribution >= 4 is 33.2 Å². The average molecular weight is 449 g/mol. The number of benzene rings is 3. The van der Waals surface area contributed by atoms with Crippen LogP contribution in [0.5, 0.6) is 0 Å². The highest BCUT2D eigenvalue weighted by Crippen LogP contribution is 2.47. The molecule has 1 unspecified atom stereocenters. The molecule has 5 heteroatoms. The quantitative estimate of drug-likeness (QED) is 0.568. The third-order valence-electron chi connectivity index (χ3n) is 4.91. The average Bonchev–Trinajstić information content (AvgIpc) is 3.02. The van der Waals surface area contributed by atoms with Gasteiger partial charge in [-0.15, -0.1) is 0 Å². The normalized spacial score (nSPS) is 18.7. The van der Waals surface area contributed by atoms with Gasteiger partial charge in [0.2, 0.25) is 0 Å². The summed E-state index contributed by atoms with van der Waals surface area (Å²) in [5.74, 6) is 0.233. The third kappa shape index (κ3) is 2.84. The van der Waals surface area contributed by atoms with Crippen LogP contribution in [-0.2, 0) is 5.41 Å². The van der Waals surface area contributed by atoms with E-state index in [1.54, 1.807) is 0 Å². The van der Waals surface area contributed by atoms with Crippen LogP contribution in [0, 0.1) is 11.3 Å². The van der Waals surface area contributed by atoms with Crippen LogP contribution in [0.15, 0.2) is 99.7 Å². The molecule has 28 heavy (non-hydrogen) atoms. The molecule has 0 saturated carbocycles. The maximum Gasteiger partial charge on any atom is 0.139 e. The Morgan fingerprint density at radius 2 is 1.61 bits per heavy atom. The molecule has 136 valence electrons. The van der Waals surface area contributed by atoms with Crippen molar-refractivity contribution in [2.45, 2.75) is 5.41 Å². The number of allylic oxidation sites excluding steroid dienone is 1. The standard InChI is InChI=1S/C23H15BrClN3/c24-18-8-4-5-15(13-18)21-23(16-6-2-1-3-7-16,20(14-26)22(27)28-21)17-9-11-19(25)12-10-17/h1-13H,27H2. The Labute approximate surface area is 176 Å². The molecule has 0 bridgehead atoms. The number of nitrogens with zero attached hydrogens (tertiary/aromatic N) is 2. The zero-order valence-electron chi connectivity index (χ0n) is 14.7. The van der Waals surface area contributed by atoms with E-state index >= 15 is 0 Å². The summed E-state index contributed by atoms with van der Waals surface area (Å²) in [6, 6.07) is 27.5. The Balaban J connectivity index is 2.10. The first-order valence-corrected chi connectivity index (χ1v) is 9.81. The van der Waals surface area contributed by atoms with Crippen LogP contribution in [0.1, 0.15) is 16.7 Å². The number of rotatable bonds is 3. The Kier molecular flexibility index (Phi) is 4.80. The maximum absolute atomic E-state index is 10.1. The van der Waals surface area contributed by atoms with Crippen LogP contribution >= 0.6 is 27.5 Å². The number of nitriles is 1. The van der Waals surface area contributed by atoms with Gasteiger partial charge in [-0.1, -0.05) is 82.1 Å². The van der Waals surface area contributed by atoms with Gasteiger partial charge in [-0.05, 0) is 41.0 Å². The fourth-order valence-electron chi connectivity index (χ4n) is 3.75. The largest absolute Gasteiger partial charge is 0.383 e. The predicted molar refractivity (Wildman–Crippen MR) is 116 cm³/mol. The fourth-order valence-corrected chi connectivity index (χ4v) is 4.27. The van der Waals surface area contributed by atoms with Crippen LogP contribution < -0.4 is 5.73 Å². The van der Waals surface area contributed by atoms with Crippen LogP contribution in [0.2, 0.25) is 5.02 Å². The molecule has 2 N–H and O–H groups in total. The van der Waals surface area contributed by atoms with E-state index in [4.69, 9.17) is 17.3 Å². The minimum atomic E-state index is -0.911. The molecule has 1 atom stereocenters. The van der Waals surface area contributed by atoms with E-state index in [0.29, 0.717) is 10.6 Å². The number of nitrogens with two attached hydrogens (primary N) is 1. The van der Waals surface area contributed by atoms with E-state index in [2.05, 4.69) is 27.0 Å². The first-order valence-electron chi connectivity index (χ1n) is 8.64. The second kappa shape index (κ2) is 7.27. The molecule has 0 aliphatic carbocycles.